The van der Waals surface area contributed by atoms with Gasteiger partial charge in [0.05, 0.1) is 12.5 Å². The van der Waals surface area contributed by atoms with Crippen molar-refractivity contribution in [2.24, 2.45) is 5.41 Å². The van der Waals surface area contributed by atoms with Crippen LogP contribution in [0.25, 0.3) is 0 Å². The van der Waals surface area contributed by atoms with Crippen LogP contribution in [0.1, 0.15) is 51.4 Å². The van der Waals surface area contributed by atoms with Gasteiger partial charge in [-0.3, -0.25) is 9.59 Å². The highest BCUT2D eigenvalue weighted by Gasteiger charge is 2.35. The summed E-state index contributed by atoms with van der Waals surface area (Å²) in [5.41, 5.74) is -0.224. The lowest BCUT2D eigenvalue weighted by Crippen LogP contribution is -2.46. The fourth-order valence-electron chi connectivity index (χ4n) is 3.34. The summed E-state index contributed by atoms with van der Waals surface area (Å²) in [5, 5.41) is 15.2. The number of aliphatic carboxylic acids is 1. The van der Waals surface area contributed by atoms with E-state index in [9.17, 15) is 9.59 Å². The van der Waals surface area contributed by atoms with Crippen molar-refractivity contribution in [3.63, 3.8) is 0 Å². The van der Waals surface area contributed by atoms with E-state index in [1.54, 1.807) is 0 Å². The zero-order valence-electron chi connectivity index (χ0n) is 11.4. The Morgan fingerprint density at radius 2 is 1.95 bits per heavy atom. The molecule has 1 aliphatic heterocycles. The van der Waals surface area contributed by atoms with E-state index < -0.39 is 5.97 Å². The molecule has 2 rings (SSSR count). The molecule has 1 saturated carbocycles. The zero-order chi connectivity index (χ0) is 13.7. The molecule has 5 nitrogen and oxygen atoms in total. The average molecular weight is 268 g/mol. The van der Waals surface area contributed by atoms with Crippen molar-refractivity contribution in [1.29, 1.82) is 0 Å². The van der Waals surface area contributed by atoms with Gasteiger partial charge in [-0.2, -0.15) is 0 Å². The van der Waals surface area contributed by atoms with E-state index in [1.807, 2.05) is 0 Å². The third-order valence-corrected chi connectivity index (χ3v) is 4.45. The lowest BCUT2D eigenvalue weighted by Gasteiger charge is -2.36. The van der Waals surface area contributed by atoms with Crippen LogP contribution in [0, 0.1) is 5.41 Å². The lowest BCUT2D eigenvalue weighted by atomic mass is 9.71. The summed E-state index contributed by atoms with van der Waals surface area (Å²) in [4.78, 5) is 23.0. The largest absolute Gasteiger partial charge is 0.481 e. The lowest BCUT2D eigenvalue weighted by molar-refractivity contribution is -0.140. The maximum absolute atomic E-state index is 12.0. The minimum atomic E-state index is -0.754. The summed E-state index contributed by atoms with van der Waals surface area (Å²) >= 11 is 0. The first kappa shape index (κ1) is 14.3. The second-order valence-electron chi connectivity index (χ2n) is 6.00. The summed E-state index contributed by atoms with van der Waals surface area (Å²) in [5.74, 6) is -0.719. The Balaban J connectivity index is 1.88. The third-order valence-electron chi connectivity index (χ3n) is 4.45. The smallest absolute Gasteiger partial charge is 0.303 e. The molecule has 1 saturated heterocycles. The molecular formula is C14H24N2O3. The van der Waals surface area contributed by atoms with Crippen molar-refractivity contribution in [3.05, 3.63) is 0 Å². The molecule has 0 spiro atoms. The molecule has 0 unspecified atom stereocenters. The SMILES string of the molecule is O=C(O)CC1(CNC(=O)[C@@H]2CCCN2)CCCCC1. The van der Waals surface area contributed by atoms with Gasteiger partial charge in [-0.1, -0.05) is 19.3 Å². The van der Waals surface area contributed by atoms with Crippen LogP contribution in [0.15, 0.2) is 0 Å². The second-order valence-corrected chi connectivity index (χ2v) is 6.00. The predicted molar refractivity (Wildman–Crippen MR) is 71.8 cm³/mol. The van der Waals surface area contributed by atoms with E-state index in [1.165, 1.54) is 6.42 Å². The van der Waals surface area contributed by atoms with Gasteiger partial charge in [-0.05, 0) is 37.6 Å². The van der Waals surface area contributed by atoms with E-state index in [2.05, 4.69) is 10.6 Å². The Hall–Kier alpha value is -1.10. The Bertz CT molecular complexity index is 332. The summed E-state index contributed by atoms with van der Waals surface area (Å²) in [6.45, 7) is 1.41. The van der Waals surface area contributed by atoms with Crippen molar-refractivity contribution in [2.45, 2.75) is 57.4 Å². The molecule has 0 aromatic heterocycles. The maximum atomic E-state index is 12.0. The van der Waals surface area contributed by atoms with Crippen LogP contribution >= 0.6 is 0 Å². The Morgan fingerprint density at radius 3 is 2.53 bits per heavy atom. The van der Waals surface area contributed by atoms with Crippen LogP contribution in [-0.4, -0.2) is 36.1 Å². The third kappa shape index (κ3) is 3.93. The highest BCUT2D eigenvalue weighted by molar-refractivity contribution is 5.82. The number of carbonyl (C=O) groups excluding carboxylic acids is 1. The van der Waals surface area contributed by atoms with Crippen LogP contribution < -0.4 is 10.6 Å². The van der Waals surface area contributed by atoms with Gasteiger partial charge in [0.15, 0.2) is 0 Å². The zero-order valence-corrected chi connectivity index (χ0v) is 11.4. The van der Waals surface area contributed by atoms with Gasteiger partial charge in [0.25, 0.3) is 0 Å². The molecule has 0 aromatic carbocycles. The highest BCUT2D eigenvalue weighted by Crippen LogP contribution is 2.38. The number of amides is 1. The molecular weight excluding hydrogens is 244 g/mol. The van der Waals surface area contributed by atoms with Gasteiger partial charge in [-0.25, -0.2) is 0 Å². The van der Waals surface area contributed by atoms with Crippen molar-refractivity contribution >= 4 is 11.9 Å². The van der Waals surface area contributed by atoms with Gasteiger partial charge in [-0.15, -0.1) is 0 Å². The summed E-state index contributed by atoms with van der Waals surface area (Å²) in [6.07, 6.45) is 7.26. The highest BCUT2D eigenvalue weighted by atomic mass is 16.4. The summed E-state index contributed by atoms with van der Waals surface area (Å²) in [7, 11) is 0. The number of hydrogen-bond donors (Lipinski definition) is 3. The topological polar surface area (TPSA) is 78.4 Å². The standard InChI is InChI=1S/C14H24N2O3/c17-12(18)9-14(6-2-1-3-7-14)10-16-13(19)11-5-4-8-15-11/h11,15H,1-10H2,(H,16,19)(H,17,18)/t11-/m0/s1. The first-order valence-electron chi connectivity index (χ1n) is 7.34. The molecule has 1 atom stereocenters. The van der Waals surface area contributed by atoms with E-state index in [4.69, 9.17) is 5.11 Å². The average Bonchev–Trinajstić information content (AvgIpc) is 2.90. The maximum Gasteiger partial charge on any atom is 0.303 e. The number of carboxylic acid groups (broad SMARTS) is 1. The normalized spacial score (nSPS) is 26.0. The molecule has 0 aromatic rings. The molecule has 5 heteroatoms. The molecule has 3 N–H and O–H groups in total. The molecule has 0 radical (unpaired) electrons. The van der Waals surface area contributed by atoms with Crippen molar-refractivity contribution in [3.8, 4) is 0 Å². The minimum absolute atomic E-state index is 0.0350. The van der Waals surface area contributed by atoms with Gasteiger partial charge >= 0.3 is 5.97 Å². The van der Waals surface area contributed by atoms with Crippen LogP contribution in [0.5, 0.6) is 0 Å². The fourth-order valence-corrected chi connectivity index (χ4v) is 3.34. The Morgan fingerprint density at radius 1 is 1.21 bits per heavy atom. The van der Waals surface area contributed by atoms with Crippen molar-refractivity contribution in [2.75, 3.05) is 13.1 Å². The molecule has 2 fully saturated rings. The number of carbonyl (C=O) groups is 2. The molecule has 0 bridgehead atoms. The van der Waals surface area contributed by atoms with Gasteiger partial charge < -0.3 is 15.7 Å². The van der Waals surface area contributed by atoms with Crippen molar-refractivity contribution < 1.29 is 14.7 Å². The van der Waals surface area contributed by atoms with Crippen LogP contribution in [0.3, 0.4) is 0 Å². The quantitative estimate of drug-likeness (QED) is 0.702. The van der Waals surface area contributed by atoms with Crippen molar-refractivity contribution in [1.82, 2.24) is 10.6 Å². The van der Waals surface area contributed by atoms with Crippen LogP contribution in [-0.2, 0) is 9.59 Å². The summed E-state index contributed by atoms with van der Waals surface area (Å²) < 4.78 is 0. The summed E-state index contributed by atoms with van der Waals surface area (Å²) in [6, 6.07) is -0.0783. The van der Waals surface area contributed by atoms with Gasteiger partial charge in [0.1, 0.15) is 0 Å². The first-order valence-corrected chi connectivity index (χ1v) is 7.34. The fraction of sp³-hybridized carbons (Fsp3) is 0.857. The Labute approximate surface area is 114 Å². The van der Waals surface area contributed by atoms with E-state index >= 15 is 0 Å². The molecule has 108 valence electrons. The second kappa shape index (κ2) is 6.37. The molecule has 19 heavy (non-hydrogen) atoms. The van der Waals surface area contributed by atoms with Gasteiger partial charge in [0, 0.05) is 6.54 Å². The number of rotatable bonds is 5. The van der Waals surface area contributed by atoms with Crippen LogP contribution in [0.4, 0.5) is 0 Å². The predicted octanol–water partition coefficient (Wildman–Crippen LogP) is 1.28. The Kier molecular flexibility index (Phi) is 4.80. The minimum Gasteiger partial charge on any atom is -0.481 e. The molecule has 1 amide bonds. The van der Waals surface area contributed by atoms with Crippen LogP contribution in [0.2, 0.25) is 0 Å². The molecule has 1 aliphatic carbocycles. The number of nitrogens with one attached hydrogen (secondary N) is 2. The van der Waals surface area contributed by atoms with E-state index in [-0.39, 0.29) is 23.8 Å². The monoisotopic (exact) mass is 268 g/mol. The van der Waals surface area contributed by atoms with Gasteiger partial charge in [0.2, 0.25) is 5.91 Å². The number of hydrogen-bond acceptors (Lipinski definition) is 3. The molecule has 1 heterocycles. The first-order chi connectivity index (χ1) is 9.11. The molecule has 2 aliphatic rings. The van der Waals surface area contributed by atoms with E-state index in [0.717, 1.165) is 45.1 Å². The van der Waals surface area contributed by atoms with E-state index in [0.29, 0.717) is 6.54 Å². The number of carboxylic acids is 1.